The fourth-order valence-corrected chi connectivity index (χ4v) is 2.38. The molecule has 1 heterocycles. The van der Waals surface area contributed by atoms with E-state index >= 15 is 0 Å². The van der Waals surface area contributed by atoms with E-state index in [1.807, 2.05) is 18.4 Å². The van der Waals surface area contributed by atoms with Gasteiger partial charge in [0.1, 0.15) is 11.0 Å². The van der Waals surface area contributed by atoms with E-state index in [0.29, 0.717) is 21.2 Å². The van der Waals surface area contributed by atoms with E-state index in [1.54, 1.807) is 12.1 Å². The summed E-state index contributed by atoms with van der Waals surface area (Å²) in [6.45, 7) is 0. The first-order chi connectivity index (χ1) is 8.58. The summed E-state index contributed by atoms with van der Waals surface area (Å²) in [4.78, 5) is 8.38. The van der Waals surface area contributed by atoms with E-state index in [9.17, 15) is 0 Å². The highest BCUT2D eigenvalue weighted by atomic mass is 79.9. The van der Waals surface area contributed by atoms with E-state index in [-0.39, 0.29) is 0 Å². The molecule has 0 atom stereocenters. The quantitative estimate of drug-likeness (QED) is 0.471. The Morgan fingerprint density at radius 3 is 2.67 bits per heavy atom. The first kappa shape index (κ1) is 13.9. The minimum absolute atomic E-state index is 0.407. The zero-order chi connectivity index (χ0) is 13.1. The van der Waals surface area contributed by atoms with E-state index in [0.717, 1.165) is 10.2 Å². The first-order valence-electron chi connectivity index (χ1n) is 4.89. The van der Waals surface area contributed by atoms with Crippen LogP contribution in [0.15, 0.2) is 33.9 Å². The number of benzene rings is 1. The molecular formula is C11H8BrCl2N3S. The molecule has 0 bridgehead atoms. The molecule has 1 aromatic heterocycles. The number of aromatic nitrogens is 2. The number of nitrogens with one attached hydrogen (secondary N) is 1. The average Bonchev–Trinajstić information content (AvgIpc) is 2.33. The number of thioether (sulfide) groups is 1. The third-order valence-corrected chi connectivity index (χ3v) is 4.00. The zero-order valence-corrected chi connectivity index (χ0v) is 13.2. The van der Waals surface area contributed by atoms with Gasteiger partial charge in [-0.1, -0.05) is 35.0 Å². The molecule has 0 aliphatic heterocycles. The van der Waals surface area contributed by atoms with Crippen LogP contribution in [-0.2, 0) is 0 Å². The van der Waals surface area contributed by atoms with Gasteiger partial charge in [0.25, 0.3) is 0 Å². The van der Waals surface area contributed by atoms with E-state index in [1.165, 1.54) is 11.8 Å². The molecule has 0 saturated carbocycles. The summed E-state index contributed by atoms with van der Waals surface area (Å²) in [5, 5.41) is 4.84. The van der Waals surface area contributed by atoms with Crippen molar-refractivity contribution in [2.45, 2.75) is 5.16 Å². The van der Waals surface area contributed by atoms with Crippen molar-refractivity contribution >= 4 is 62.4 Å². The Labute approximate surface area is 127 Å². The van der Waals surface area contributed by atoms with Gasteiger partial charge in [-0.25, -0.2) is 9.97 Å². The maximum absolute atomic E-state index is 5.93. The Morgan fingerprint density at radius 1 is 1.22 bits per heavy atom. The minimum atomic E-state index is 0.407. The highest BCUT2D eigenvalue weighted by molar-refractivity contribution is 9.10. The van der Waals surface area contributed by atoms with Gasteiger partial charge in [-0.2, -0.15) is 0 Å². The van der Waals surface area contributed by atoms with Crippen molar-refractivity contribution in [1.29, 1.82) is 0 Å². The van der Waals surface area contributed by atoms with Crippen LogP contribution in [0.25, 0.3) is 0 Å². The van der Waals surface area contributed by atoms with Crippen molar-refractivity contribution in [1.82, 2.24) is 9.97 Å². The summed E-state index contributed by atoms with van der Waals surface area (Å²) in [5.74, 6) is 0.647. The Morgan fingerprint density at radius 2 is 2.00 bits per heavy atom. The normalized spacial score (nSPS) is 10.4. The third-order valence-electron chi connectivity index (χ3n) is 2.05. The van der Waals surface area contributed by atoms with Gasteiger partial charge in [0, 0.05) is 16.2 Å². The van der Waals surface area contributed by atoms with Crippen LogP contribution in [0.3, 0.4) is 0 Å². The molecule has 0 spiro atoms. The van der Waals surface area contributed by atoms with Crippen molar-refractivity contribution in [3.63, 3.8) is 0 Å². The SMILES string of the molecule is CSc1nc(Cl)cc(Nc2ccc(Cl)c(Br)c2)n1. The predicted octanol–water partition coefficient (Wildman–Crippen LogP) is 5.01. The van der Waals surface area contributed by atoms with Crippen LogP contribution in [0, 0.1) is 0 Å². The van der Waals surface area contributed by atoms with Gasteiger partial charge in [0.05, 0.1) is 5.02 Å². The molecule has 2 rings (SSSR count). The van der Waals surface area contributed by atoms with Gasteiger partial charge in [-0.3, -0.25) is 0 Å². The molecule has 1 aromatic carbocycles. The topological polar surface area (TPSA) is 37.8 Å². The molecule has 94 valence electrons. The molecule has 3 nitrogen and oxygen atoms in total. The lowest BCUT2D eigenvalue weighted by Crippen LogP contribution is -1.96. The Hall–Kier alpha value is -0.490. The van der Waals surface area contributed by atoms with E-state index < -0.39 is 0 Å². The second kappa shape index (κ2) is 6.10. The first-order valence-corrected chi connectivity index (χ1v) is 7.66. The minimum Gasteiger partial charge on any atom is -0.340 e. The van der Waals surface area contributed by atoms with Crippen molar-refractivity contribution in [2.24, 2.45) is 0 Å². The number of rotatable bonds is 3. The van der Waals surface area contributed by atoms with Crippen LogP contribution >= 0.6 is 50.9 Å². The monoisotopic (exact) mass is 363 g/mol. The smallest absolute Gasteiger partial charge is 0.190 e. The highest BCUT2D eigenvalue weighted by Crippen LogP contribution is 2.27. The van der Waals surface area contributed by atoms with Crippen molar-refractivity contribution in [3.05, 3.63) is 38.9 Å². The van der Waals surface area contributed by atoms with Crippen molar-refractivity contribution < 1.29 is 0 Å². The lowest BCUT2D eigenvalue weighted by molar-refractivity contribution is 0.976. The molecule has 18 heavy (non-hydrogen) atoms. The summed E-state index contributed by atoms with van der Waals surface area (Å²) in [6.07, 6.45) is 1.90. The van der Waals surface area contributed by atoms with Gasteiger partial charge < -0.3 is 5.32 Å². The fraction of sp³-hybridized carbons (Fsp3) is 0.0909. The second-order valence-electron chi connectivity index (χ2n) is 3.32. The van der Waals surface area contributed by atoms with Crippen LogP contribution in [-0.4, -0.2) is 16.2 Å². The molecule has 0 radical (unpaired) electrons. The number of halogens is 3. The third kappa shape index (κ3) is 3.51. The van der Waals surface area contributed by atoms with Gasteiger partial charge >= 0.3 is 0 Å². The van der Waals surface area contributed by atoms with E-state index in [4.69, 9.17) is 23.2 Å². The standard InChI is InChI=1S/C11H8BrCl2N3S/c1-18-11-16-9(14)5-10(17-11)15-6-2-3-8(13)7(12)4-6/h2-5H,1H3,(H,15,16,17). The van der Waals surface area contributed by atoms with E-state index in [2.05, 4.69) is 31.2 Å². The van der Waals surface area contributed by atoms with Crippen LogP contribution in [0.1, 0.15) is 0 Å². The molecule has 0 aliphatic rings. The second-order valence-corrected chi connectivity index (χ2v) is 5.74. The molecule has 0 saturated heterocycles. The van der Waals surface area contributed by atoms with Crippen molar-refractivity contribution in [3.8, 4) is 0 Å². The molecule has 1 N–H and O–H groups in total. The molecule has 0 amide bonds. The maximum atomic E-state index is 5.93. The maximum Gasteiger partial charge on any atom is 0.190 e. The van der Waals surface area contributed by atoms with Crippen LogP contribution < -0.4 is 5.32 Å². The largest absolute Gasteiger partial charge is 0.340 e. The lowest BCUT2D eigenvalue weighted by atomic mass is 10.3. The molecule has 2 aromatic rings. The Bertz CT molecular complexity index is 580. The molecule has 0 aliphatic carbocycles. The summed E-state index contributed by atoms with van der Waals surface area (Å²) in [6, 6.07) is 7.20. The predicted molar refractivity (Wildman–Crippen MR) is 81.3 cm³/mol. The Kier molecular flexibility index (Phi) is 4.72. The van der Waals surface area contributed by atoms with Crippen LogP contribution in [0.5, 0.6) is 0 Å². The highest BCUT2D eigenvalue weighted by Gasteiger charge is 2.04. The summed E-state index contributed by atoms with van der Waals surface area (Å²) in [7, 11) is 0. The van der Waals surface area contributed by atoms with Crippen molar-refractivity contribution in [2.75, 3.05) is 11.6 Å². The molecule has 0 fully saturated rings. The number of anilines is 2. The van der Waals surface area contributed by atoms with Gasteiger partial charge in [0.2, 0.25) is 0 Å². The fourth-order valence-electron chi connectivity index (χ4n) is 1.27. The number of hydrogen-bond acceptors (Lipinski definition) is 4. The van der Waals surface area contributed by atoms with Gasteiger partial charge in [0.15, 0.2) is 5.16 Å². The lowest BCUT2D eigenvalue weighted by Gasteiger charge is -2.08. The summed E-state index contributed by atoms with van der Waals surface area (Å²) < 4.78 is 0.819. The zero-order valence-electron chi connectivity index (χ0n) is 9.25. The summed E-state index contributed by atoms with van der Waals surface area (Å²) >= 11 is 16.7. The summed E-state index contributed by atoms with van der Waals surface area (Å²) in [5.41, 5.74) is 0.869. The Balaban J connectivity index is 2.27. The molecule has 0 unspecified atom stereocenters. The average molecular weight is 365 g/mol. The van der Waals surface area contributed by atoms with Crippen LogP contribution in [0.4, 0.5) is 11.5 Å². The molecular weight excluding hydrogens is 357 g/mol. The number of hydrogen-bond donors (Lipinski definition) is 1. The van der Waals surface area contributed by atoms with Crippen LogP contribution in [0.2, 0.25) is 10.2 Å². The van der Waals surface area contributed by atoms with Gasteiger partial charge in [-0.05, 0) is 40.4 Å². The number of nitrogens with zero attached hydrogens (tertiary/aromatic N) is 2. The molecule has 7 heteroatoms. The van der Waals surface area contributed by atoms with Gasteiger partial charge in [-0.15, -0.1) is 0 Å².